The monoisotopic (exact) mass is 191 g/mol. The molecule has 1 unspecified atom stereocenters. The zero-order valence-corrected chi connectivity index (χ0v) is 7.61. The Kier molecular flexibility index (Phi) is 5.26. The molecule has 1 aliphatic rings. The number of aliphatic hydroxyl groups excluding tert-OH is 2. The molecule has 3 N–H and O–H groups in total. The summed E-state index contributed by atoms with van der Waals surface area (Å²) in [6, 6.07) is 0. The highest BCUT2D eigenvalue weighted by atomic mass is 16.6. The molecule has 1 aliphatic heterocycles. The Morgan fingerprint density at radius 2 is 2.31 bits per heavy atom. The third-order valence-electron chi connectivity index (χ3n) is 1.85. The molecule has 78 valence electrons. The molecule has 5 nitrogen and oxygen atoms in total. The van der Waals surface area contributed by atoms with Gasteiger partial charge in [-0.25, -0.2) is 0 Å². The number of aliphatic hydroxyl groups is 2. The first-order valence-corrected chi connectivity index (χ1v) is 4.52. The molecule has 0 radical (unpaired) electrons. The maximum Gasteiger partial charge on any atom is 0.0933 e. The smallest absolute Gasteiger partial charge is 0.0933 e. The topological polar surface area (TPSA) is 71.0 Å². The van der Waals surface area contributed by atoms with Crippen LogP contribution in [0, 0.1) is 0 Å². The molecule has 2 atom stereocenters. The Balaban J connectivity index is 1.98. The van der Waals surface area contributed by atoms with E-state index in [1.165, 1.54) is 0 Å². The second kappa shape index (κ2) is 6.28. The summed E-state index contributed by atoms with van der Waals surface area (Å²) in [5.41, 5.74) is 0. The molecule has 0 bridgehead atoms. The van der Waals surface area contributed by atoms with Gasteiger partial charge in [-0.15, -0.1) is 0 Å². The summed E-state index contributed by atoms with van der Waals surface area (Å²) < 4.78 is 10.6. The Hall–Kier alpha value is -0.200. The van der Waals surface area contributed by atoms with Gasteiger partial charge in [-0.1, -0.05) is 0 Å². The molecule has 1 saturated heterocycles. The van der Waals surface area contributed by atoms with Crippen molar-refractivity contribution in [2.45, 2.75) is 12.2 Å². The Labute approximate surface area is 77.7 Å². The minimum Gasteiger partial charge on any atom is -0.394 e. The summed E-state index contributed by atoms with van der Waals surface area (Å²) in [5.74, 6) is 0. The summed E-state index contributed by atoms with van der Waals surface area (Å²) in [5, 5.41) is 20.5. The number of rotatable bonds is 5. The first kappa shape index (κ1) is 10.9. The maximum atomic E-state index is 9.00. The molecule has 1 rings (SSSR count). The van der Waals surface area contributed by atoms with Gasteiger partial charge < -0.3 is 25.0 Å². The van der Waals surface area contributed by atoms with Gasteiger partial charge >= 0.3 is 0 Å². The minimum atomic E-state index is -0.690. The van der Waals surface area contributed by atoms with E-state index in [-0.39, 0.29) is 12.7 Å². The van der Waals surface area contributed by atoms with E-state index in [1.807, 2.05) is 0 Å². The first-order chi connectivity index (χ1) is 6.33. The van der Waals surface area contributed by atoms with Crippen molar-refractivity contribution in [3.63, 3.8) is 0 Å². The van der Waals surface area contributed by atoms with Crippen LogP contribution < -0.4 is 5.32 Å². The van der Waals surface area contributed by atoms with Crippen LogP contribution in [0.15, 0.2) is 0 Å². The van der Waals surface area contributed by atoms with Crippen molar-refractivity contribution in [3.05, 3.63) is 0 Å². The third kappa shape index (κ3) is 4.54. The zero-order valence-electron chi connectivity index (χ0n) is 7.61. The molecule has 0 aliphatic carbocycles. The van der Waals surface area contributed by atoms with E-state index in [9.17, 15) is 0 Å². The quantitative estimate of drug-likeness (QED) is 0.485. The van der Waals surface area contributed by atoms with Crippen molar-refractivity contribution in [1.82, 2.24) is 5.32 Å². The second-order valence-corrected chi connectivity index (χ2v) is 3.06. The van der Waals surface area contributed by atoms with E-state index in [4.69, 9.17) is 19.7 Å². The maximum absolute atomic E-state index is 9.00. The van der Waals surface area contributed by atoms with Crippen molar-refractivity contribution in [1.29, 1.82) is 0 Å². The van der Waals surface area contributed by atoms with Crippen molar-refractivity contribution >= 4 is 0 Å². The lowest BCUT2D eigenvalue weighted by molar-refractivity contribution is -0.0869. The van der Waals surface area contributed by atoms with Crippen LogP contribution in [-0.2, 0) is 9.47 Å². The molecule has 0 aromatic heterocycles. The summed E-state index contributed by atoms with van der Waals surface area (Å²) >= 11 is 0. The van der Waals surface area contributed by atoms with E-state index < -0.39 is 6.10 Å². The molecular formula is C8H17NO4. The number of ether oxygens (including phenoxy) is 2. The molecule has 13 heavy (non-hydrogen) atoms. The lowest BCUT2D eigenvalue weighted by Crippen LogP contribution is -2.40. The van der Waals surface area contributed by atoms with Gasteiger partial charge in [0, 0.05) is 13.1 Å². The zero-order chi connectivity index (χ0) is 9.52. The van der Waals surface area contributed by atoms with E-state index in [0.717, 1.165) is 0 Å². The Morgan fingerprint density at radius 3 is 2.92 bits per heavy atom. The van der Waals surface area contributed by atoms with Gasteiger partial charge in [0.25, 0.3) is 0 Å². The van der Waals surface area contributed by atoms with Gasteiger partial charge in [0.05, 0.1) is 38.6 Å². The van der Waals surface area contributed by atoms with Crippen molar-refractivity contribution in [2.24, 2.45) is 0 Å². The van der Waals surface area contributed by atoms with Gasteiger partial charge in [-0.2, -0.15) is 0 Å². The number of hydrogen-bond donors (Lipinski definition) is 3. The van der Waals surface area contributed by atoms with Gasteiger partial charge in [-0.05, 0) is 0 Å². The van der Waals surface area contributed by atoms with Gasteiger partial charge in [0.15, 0.2) is 0 Å². The van der Waals surface area contributed by atoms with Crippen LogP contribution in [0.4, 0.5) is 0 Å². The standard InChI is InChI=1S/C8H17NO4/c10-5-7(11)3-9-4-8-6-12-1-2-13-8/h7-11H,1-6H2/t7-,8?/m0/s1. The molecular weight excluding hydrogens is 174 g/mol. The predicted molar refractivity (Wildman–Crippen MR) is 46.5 cm³/mol. The van der Waals surface area contributed by atoms with E-state index in [2.05, 4.69) is 5.32 Å². The molecule has 0 spiro atoms. The lowest BCUT2D eigenvalue weighted by atomic mass is 10.3. The van der Waals surface area contributed by atoms with Crippen LogP contribution in [0.2, 0.25) is 0 Å². The van der Waals surface area contributed by atoms with Crippen molar-refractivity contribution in [3.8, 4) is 0 Å². The summed E-state index contributed by atoms with van der Waals surface area (Å²) in [4.78, 5) is 0. The number of nitrogens with one attached hydrogen (secondary N) is 1. The van der Waals surface area contributed by atoms with Crippen molar-refractivity contribution in [2.75, 3.05) is 39.5 Å². The third-order valence-corrected chi connectivity index (χ3v) is 1.85. The van der Waals surface area contributed by atoms with Crippen LogP contribution in [0.3, 0.4) is 0 Å². The predicted octanol–water partition coefficient (Wildman–Crippen LogP) is -1.66. The molecule has 0 amide bonds. The van der Waals surface area contributed by atoms with Crippen LogP contribution >= 0.6 is 0 Å². The van der Waals surface area contributed by atoms with E-state index >= 15 is 0 Å². The van der Waals surface area contributed by atoms with Crippen molar-refractivity contribution < 1.29 is 19.7 Å². The Bertz CT molecular complexity index is 127. The number of hydrogen-bond acceptors (Lipinski definition) is 5. The fourth-order valence-electron chi connectivity index (χ4n) is 1.13. The highest BCUT2D eigenvalue weighted by Gasteiger charge is 2.13. The van der Waals surface area contributed by atoms with Crippen LogP contribution in [0.1, 0.15) is 0 Å². The highest BCUT2D eigenvalue weighted by molar-refractivity contribution is 4.66. The fourth-order valence-corrected chi connectivity index (χ4v) is 1.13. The SMILES string of the molecule is OC[C@@H](O)CNCC1COCCO1. The highest BCUT2D eigenvalue weighted by Crippen LogP contribution is 1.98. The lowest BCUT2D eigenvalue weighted by Gasteiger charge is -2.23. The fraction of sp³-hybridized carbons (Fsp3) is 1.00. The summed E-state index contributed by atoms with van der Waals surface area (Å²) in [6.45, 7) is 2.72. The summed E-state index contributed by atoms with van der Waals surface area (Å²) in [6.07, 6.45) is -0.621. The van der Waals surface area contributed by atoms with Gasteiger partial charge in [-0.3, -0.25) is 0 Å². The molecule has 0 aromatic carbocycles. The average Bonchev–Trinajstić information content (AvgIpc) is 2.19. The van der Waals surface area contributed by atoms with Crippen LogP contribution in [0.5, 0.6) is 0 Å². The molecule has 1 heterocycles. The minimum absolute atomic E-state index is 0.0691. The summed E-state index contributed by atoms with van der Waals surface area (Å²) in [7, 11) is 0. The van der Waals surface area contributed by atoms with E-state index in [0.29, 0.717) is 32.9 Å². The average molecular weight is 191 g/mol. The van der Waals surface area contributed by atoms with Crippen LogP contribution in [-0.4, -0.2) is 61.9 Å². The largest absolute Gasteiger partial charge is 0.394 e. The molecule has 5 heteroatoms. The molecule has 0 saturated carbocycles. The van der Waals surface area contributed by atoms with Gasteiger partial charge in [0.1, 0.15) is 0 Å². The molecule has 0 aromatic rings. The first-order valence-electron chi connectivity index (χ1n) is 4.52. The van der Waals surface area contributed by atoms with Crippen LogP contribution in [0.25, 0.3) is 0 Å². The van der Waals surface area contributed by atoms with E-state index in [1.54, 1.807) is 0 Å². The normalized spacial score (nSPS) is 25.8. The molecule has 1 fully saturated rings. The Morgan fingerprint density at radius 1 is 1.46 bits per heavy atom. The van der Waals surface area contributed by atoms with Gasteiger partial charge in [0.2, 0.25) is 0 Å². The second-order valence-electron chi connectivity index (χ2n) is 3.06.